The first kappa shape index (κ1) is 38.9. The highest BCUT2D eigenvalue weighted by atomic mass is 32.2. The van der Waals surface area contributed by atoms with Gasteiger partial charge in [-0.05, 0) is 67.1 Å². The van der Waals surface area contributed by atoms with Gasteiger partial charge in [0.15, 0.2) is 0 Å². The summed E-state index contributed by atoms with van der Waals surface area (Å²) in [5, 5.41) is 4.91. The Morgan fingerprint density at radius 3 is 2.49 bits per heavy atom. The number of hydrogen-bond acceptors (Lipinski definition) is 9. The molecule has 298 valence electrons. The van der Waals surface area contributed by atoms with E-state index in [4.69, 9.17) is 9.47 Å². The van der Waals surface area contributed by atoms with Crippen LogP contribution in [0.3, 0.4) is 0 Å². The number of nitrogens with one attached hydrogen (secondary N) is 3. The predicted octanol–water partition coefficient (Wildman–Crippen LogP) is 4.29. The molecule has 0 aromatic heterocycles. The summed E-state index contributed by atoms with van der Waals surface area (Å²) in [6.45, 7) is 9.89. The van der Waals surface area contributed by atoms with Crippen molar-refractivity contribution in [2.45, 2.75) is 127 Å². The van der Waals surface area contributed by atoms with Crippen LogP contribution >= 0.6 is 0 Å². The monoisotopic (exact) mass is 779 g/mol. The van der Waals surface area contributed by atoms with Crippen LogP contribution in [0.2, 0.25) is 0 Å². The molecular weight excluding hydrogens is 727 g/mol. The van der Waals surface area contributed by atoms with Crippen LogP contribution in [0.25, 0.3) is 6.08 Å². The number of fused-ring (bicyclic) bond motifs is 3. The van der Waals surface area contributed by atoms with Gasteiger partial charge in [0.25, 0.3) is 5.91 Å². The summed E-state index contributed by atoms with van der Waals surface area (Å²) in [6.07, 6.45) is 9.99. The van der Waals surface area contributed by atoms with Gasteiger partial charge in [-0.15, -0.1) is 6.58 Å². The first-order chi connectivity index (χ1) is 26.0. The zero-order valence-electron chi connectivity index (χ0n) is 31.9. The zero-order chi connectivity index (χ0) is 39.3. The molecule has 3 saturated carbocycles. The minimum atomic E-state index is -3.91. The van der Waals surface area contributed by atoms with E-state index < -0.39 is 80.2 Å². The van der Waals surface area contributed by atoms with E-state index in [1.54, 1.807) is 25.7 Å². The highest BCUT2D eigenvalue weighted by molar-refractivity contribution is 7.91. The maximum Gasteiger partial charge on any atom is 0.410 e. The van der Waals surface area contributed by atoms with E-state index in [0.717, 1.165) is 55.2 Å². The van der Waals surface area contributed by atoms with Crippen LogP contribution in [-0.4, -0.2) is 90.3 Å². The number of allylic oxidation sites excluding steroid dienone is 1. The van der Waals surface area contributed by atoms with Crippen molar-refractivity contribution in [2.24, 2.45) is 16.7 Å². The summed E-state index contributed by atoms with van der Waals surface area (Å²) in [7, 11) is -3.91. The van der Waals surface area contributed by atoms with Gasteiger partial charge in [-0.3, -0.25) is 24.0 Å². The van der Waals surface area contributed by atoms with E-state index in [1.165, 1.54) is 11.0 Å². The van der Waals surface area contributed by atoms with Crippen LogP contribution in [0.4, 0.5) is 9.59 Å². The van der Waals surface area contributed by atoms with Crippen LogP contribution < -0.4 is 15.4 Å². The SMILES string of the molecule is C=C[C@@H]1C[C@]1(NC(=O)[C@@H]1C[C@@H]2CN1C(=O)[C@H](C(C)(C)C)NC(=O)OCC1(CCC=Cc3cccc4c3CN(C4)C(=O)O2)CCCC1)C(=O)NS(=O)(=O)C1CC1. The Kier molecular flexibility index (Phi) is 10.3. The van der Waals surface area contributed by atoms with Crippen LogP contribution in [0.15, 0.2) is 36.9 Å². The smallest absolute Gasteiger partial charge is 0.410 e. The van der Waals surface area contributed by atoms with Crippen LogP contribution in [-0.2, 0) is 47.0 Å². The first-order valence-corrected chi connectivity index (χ1v) is 21.1. The number of amides is 5. The van der Waals surface area contributed by atoms with Gasteiger partial charge in [0.1, 0.15) is 23.7 Å². The summed E-state index contributed by atoms with van der Waals surface area (Å²) in [6, 6.07) is 3.63. The van der Waals surface area contributed by atoms with E-state index in [1.807, 2.05) is 18.2 Å². The Morgan fingerprint density at radius 2 is 1.82 bits per heavy atom. The molecule has 6 aliphatic rings. The molecule has 5 atom stereocenters. The van der Waals surface area contributed by atoms with Crippen molar-refractivity contribution in [1.29, 1.82) is 0 Å². The molecule has 1 aromatic carbocycles. The quantitative estimate of drug-likeness (QED) is 0.355. The van der Waals surface area contributed by atoms with Crippen molar-refractivity contribution in [1.82, 2.24) is 25.2 Å². The third-order valence-electron chi connectivity index (χ3n) is 12.3. The number of nitrogens with zero attached hydrogens (tertiary/aromatic N) is 2. The Labute approximate surface area is 322 Å². The number of cyclic esters (lactones) is 1. The Bertz CT molecular complexity index is 1900. The summed E-state index contributed by atoms with van der Waals surface area (Å²) < 4.78 is 39.4. The summed E-state index contributed by atoms with van der Waals surface area (Å²) in [5.74, 6) is -2.70. The molecule has 3 N–H and O–H groups in total. The highest BCUT2D eigenvalue weighted by Gasteiger charge is 2.62. The van der Waals surface area contributed by atoms with Gasteiger partial charge in [-0.2, -0.15) is 0 Å². The van der Waals surface area contributed by atoms with Crippen LogP contribution in [0.1, 0.15) is 102 Å². The van der Waals surface area contributed by atoms with E-state index in [2.05, 4.69) is 34.1 Å². The first-order valence-electron chi connectivity index (χ1n) is 19.5. The van der Waals surface area contributed by atoms with E-state index in [0.29, 0.717) is 25.9 Å². The normalized spacial score (nSPS) is 29.6. The molecule has 15 heteroatoms. The zero-order valence-corrected chi connectivity index (χ0v) is 32.8. The van der Waals surface area contributed by atoms with Crippen LogP contribution in [0, 0.1) is 16.7 Å². The average molecular weight is 780 g/mol. The van der Waals surface area contributed by atoms with Crippen molar-refractivity contribution in [2.75, 3.05) is 13.2 Å². The van der Waals surface area contributed by atoms with Gasteiger partial charge in [0, 0.05) is 24.3 Å². The molecule has 14 nitrogen and oxygen atoms in total. The molecule has 5 amide bonds. The molecule has 0 unspecified atom stereocenters. The second kappa shape index (κ2) is 14.6. The van der Waals surface area contributed by atoms with Gasteiger partial charge >= 0.3 is 12.2 Å². The third-order valence-corrected chi connectivity index (χ3v) is 14.1. The van der Waals surface area contributed by atoms with Crippen molar-refractivity contribution in [3.8, 4) is 0 Å². The molecule has 4 bridgehead atoms. The Balaban J connectivity index is 1.17. The van der Waals surface area contributed by atoms with Crippen molar-refractivity contribution in [3.63, 3.8) is 0 Å². The summed E-state index contributed by atoms with van der Waals surface area (Å²) in [4.78, 5) is 72.5. The van der Waals surface area contributed by atoms with Gasteiger partial charge in [0.2, 0.25) is 21.8 Å². The predicted molar refractivity (Wildman–Crippen MR) is 202 cm³/mol. The molecule has 1 spiro atoms. The number of carbonyl (C=O) groups is 5. The topological polar surface area (TPSA) is 181 Å². The number of ether oxygens (including phenoxy) is 2. The van der Waals surface area contributed by atoms with E-state index >= 15 is 0 Å². The molecule has 3 heterocycles. The Morgan fingerprint density at radius 1 is 1.07 bits per heavy atom. The molecule has 7 rings (SSSR count). The van der Waals surface area contributed by atoms with Crippen molar-refractivity contribution < 1.29 is 41.9 Å². The lowest BCUT2D eigenvalue weighted by Crippen LogP contribution is -2.60. The highest BCUT2D eigenvalue weighted by Crippen LogP contribution is 2.46. The summed E-state index contributed by atoms with van der Waals surface area (Å²) in [5.41, 5.74) is 0.464. The standard InChI is InChI=1S/C40H53N5O9S/c1-5-27-20-40(27,35(48)43-55(51,52)29-14-15-29)42-33(46)31-19-28-22-45(31)34(47)32(38(2,3)4)41-36(49)53-24-39(17-8-9-18-39)16-7-6-11-25-12-10-13-26-21-44(23-30(25)26)37(50)54-28/h5-6,10-13,27-29,31-32H,1,7-9,14-24H2,2-4H3,(H,41,49)(H,42,46)(H,43,48)/t27-,28-,31+,32-,40-/m1/s1. The van der Waals surface area contributed by atoms with E-state index in [-0.39, 0.29) is 31.4 Å². The molecule has 4 fully saturated rings. The molecule has 3 aliphatic carbocycles. The number of alkyl carbamates (subject to hydrolysis) is 1. The van der Waals surface area contributed by atoms with Crippen molar-refractivity contribution >= 4 is 46.0 Å². The Hall–Kier alpha value is -4.40. The maximum atomic E-state index is 14.6. The molecular formula is C40H53N5O9S. The largest absolute Gasteiger partial charge is 0.449 e. The van der Waals surface area contributed by atoms with Crippen LogP contribution in [0.5, 0.6) is 0 Å². The second-order valence-electron chi connectivity index (χ2n) is 17.4. The third kappa shape index (κ3) is 7.99. The minimum Gasteiger partial charge on any atom is -0.449 e. The number of carbonyl (C=O) groups excluding carboxylic acids is 5. The van der Waals surface area contributed by atoms with Crippen molar-refractivity contribution in [3.05, 3.63) is 53.6 Å². The molecule has 0 radical (unpaired) electrons. The lowest BCUT2D eigenvalue weighted by molar-refractivity contribution is -0.143. The fraction of sp³-hybridized carbons (Fsp3) is 0.625. The molecule has 1 saturated heterocycles. The average Bonchev–Trinajstić information content (AvgIpc) is 3.94. The lowest BCUT2D eigenvalue weighted by atomic mass is 9.82. The van der Waals surface area contributed by atoms with Gasteiger partial charge < -0.3 is 25.0 Å². The fourth-order valence-corrected chi connectivity index (χ4v) is 10.1. The lowest BCUT2D eigenvalue weighted by Gasteiger charge is -2.36. The van der Waals surface area contributed by atoms with Gasteiger partial charge in [0.05, 0.1) is 24.9 Å². The van der Waals surface area contributed by atoms with Gasteiger partial charge in [-0.25, -0.2) is 18.0 Å². The molecule has 3 aliphatic heterocycles. The molecule has 55 heavy (non-hydrogen) atoms. The second-order valence-corrected chi connectivity index (χ2v) is 19.4. The maximum absolute atomic E-state index is 14.6. The van der Waals surface area contributed by atoms with Gasteiger partial charge in [-0.1, -0.05) is 70.0 Å². The number of sulfonamides is 1. The number of benzene rings is 1. The number of rotatable bonds is 6. The molecule has 1 aromatic rings. The summed E-state index contributed by atoms with van der Waals surface area (Å²) >= 11 is 0. The minimum absolute atomic E-state index is 0.0846. The van der Waals surface area contributed by atoms with E-state index in [9.17, 15) is 32.4 Å². The fourth-order valence-electron chi connectivity index (χ4n) is 8.73. The number of hydrogen-bond donors (Lipinski definition) is 3.